The van der Waals surface area contributed by atoms with Gasteiger partial charge in [0.25, 0.3) is 0 Å². The van der Waals surface area contributed by atoms with E-state index >= 15 is 0 Å². The molecule has 0 aromatic carbocycles. The largest absolute Gasteiger partial charge is 0.329 e. The van der Waals surface area contributed by atoms with Gasteiger partial charge in [-0.05, 0) is 32.9 Å². The molecule has 1 aliphatic rings. The number of likely N-dealkylation sites (tertiary alicyclic amines) is 1. The van der Waals surface area contributed by atoms with E-state index in [1.807, 2.05) is 0 Å². The van der Waals surface area contributed by atoms with Gasteiger partial charge in [0.2, 0.25) is 0 Å². The second-order valence-corrected chi connectivity index (χ2v) is 5.52. The van der Waals surface area contributed by atoms with Gasteiger partial charge in [0.15, 0.2) is 0 Å². The van der Waals surface area contributed by atoms with Crippen molar-refractivity contribution in [3.05, 3.63) is 0 Å². The van der Waals surface area contributed by atoms with Crippen molar-refractivity contribution in [3.8, 4) is 0 Å². The van der Waals surface area contributed by atoms with E-state index in [1.54, 1.807) is 0 Å². The third-order valence-corrected chi connectivity index (χ3v) is 4.30. The molecule has 2 atom stereocenters. The minimum Gasteiger partial charge on any atom is -0.329 e. The van der Waals surface area contributed by atoms with Crippen LogP contribution in [0, 0.1) is 5.92 Å². The second kappa shape index (κ2) is 5.99. The summed E-state index contributed by atoms with van der Waals surface area (Å²) in [5, 5.41) is 3.74. The summed E-state index contributed by atoms with van der Waals surface area (Å²) in [5.41, 5.74) is 6.14. The molecule has 0 bridgehead atoms. The molecule has 0 aromatic heterocycles. The smallest absolute Gasteiger partial charge is 0.0447 e. The predicted molar refractivity (Wildman–Crippen MR) is 70.6 cm³/mol. The van der Waals surface area contributed by atoms with E-state index in [9.17, 15) is 0 Å². The van der Waals surface area contributed by atoms with Crippen LogP contribution in [0.3, 0.4) is 0 Å². The molecule has 1 aliphatic heterocycles. The highest BCUT2D eigenvalue weighted by atomic mass is 15.2. The van der Waals surface area contributed by atoms with Gasteiger partial charge in [-0.2, -0.15) is 0 Å². The molecule has 0 saturated carbocycles. The van der Waals surface area contributed by atoms with Crippen molar-refractivity contribution >= 4 is 0 Å². The summed E-state index contributed by atoms with van der Waals surface area (Å²) in [5.74, 6) is 0.796. The lowest BCUT2D eigenvalue weighted by Gasteiger charge is -2.31. The molecule has 1 fully saturated rings. The van der Waals surface area contributed by atoms with Gasteiger partial charge >= 0.3 is 0 Å². The Morgan fingerprint density at radius 3 is 2.44 bits per heavy atom. The quantitative estimate of drug-likeness (QED) is 0.721. The average molecular weight is 227 g/mol. The number of likely N-dealkylation sites (N-methyl/N-ethyl adjacent to an activating group) is 1. The Morgan fingerprint density at radius 2 is 2.06 bits per heavy atom. The Labute approximate surface area is 101 Å². The van der Waals surface area contributed by atoms with Gasteiger partial charge in [-0.15, -0.1) is 0 Å². The number of hydrogen-bond donors (Lipinski definition) is 2. The van der Waals surface area contributed by atoms with Gasteiger partial charge in [0.05, 0.1) is 0 Å². The molecule has 0 radical (unpaired) electrons. The highest BCUT2D eigenvalue weighted by Crippen LogP contribution is 2.25. The molecule has 3 heteroatoms. The van der Waals surface area contributed by atoms with Crippen LogP contribution in [0.1, 0.15) is 40.0 Å². The SMILES string of the molecule is CCC(CC)CNC1(CN)CC(C)N(C)C1. The maximum Gasteiger partial charge on any atom is 0.0447 e. The van der Waals surface area contributed by atoms with Gasteiger partial charge in [0, 0.05) is 24.7 Å². The Hall–Kier alpha value is -0.120. The van der Waals surface area contributed by atoms with Crippen molar-refractivity contribution in [3.63, 3.8) is 0 Å². The molecule has 0 aromatic rings. The molecule has 0 aliphatic carbocycles. The zero-order valence-corrected chi connectivity index (χ0v) is 11.4. The van der Waals surface area contributed by atoms with Crippen LogP contribution >= 0.6 is 0 Å². The van der Waals surface area contributed by atoms with E-state index in [0.29, 0.717) is 6.04 Å². The first-order valence-corrected chi connectivity index (χ1v) is 6.72. The second-order valence-electron chi connectivity index (χ2n) is 5.52. The monoisotopic (exact) mass is 227 g/mol. The lowest BCUT2D eigenvalue weighted by Crippen LogP contribution is -2.54. The van der Waals surface area contributed by atoms with Crippen LogP contribution in [0.2, 0.25) is 0 Å². The van der Waals surface area contributed by atoms with E-state index in [0.717, 1.165) is 25.6 Å². The van der Waals surface area contributed by atoms with Crippen molar-refractivity contribution in [2.45, 2.75) is 51.6 Å². The van der Waals surface area contributed by atoms with Crippen molar-refractivity contribution < 1.29 is 0 Å². The third kappa shape index (κ3) is 3.19. The Balaban J connectivity index is 2.49. The number of hydrogen-bond acceptors (Lipinski definition) is 3. The molecule has 3 nitrogen and oxygen atoms in total. The van der Waals surface area contributed by atoms with E-state index in [-0.39, 0.29) is 5.54 Å². The molecular formula is C13H29N3. The van der Waals surface area contributed by atoms with Gasteiger partial charge in [-0.1, -0.05) is 26.7 Å². The van der Waals surface area contributed by atoms with Gasteiger partial charge in [0.1, 0.15) is 0 Å². The number of nitrogens with zero attached hydrogens (tertiary/aromatic N) is 1. The molecule has 2 unspecified atom stereocenters. The Morgan fingerprint density at radius 1 is 1.44 bits per heavy atom. The molecular weight excluding hydrogens is 198 g/mol. The van der Waals surface area contributed by atoms with Crippen LogP contribution in [0.15, 0.2) is 0 Å². The molecule has 0 spiro atoms. The first kappa shape index (κ1) is 13.9. The van der Waals surface area contributed by atoms with Crippen molar-refractivity contribution in [2.75, 3.05) is 26.7 Å². The van der Waals surface area contributed by atoms with Crippen LogP contribution in [-0.2, 0) is 0 Å². The van der Waals surface area contributed by atoms with E-state index in [2.05, 4.69) is 38.0 Å². The number of rotatable bonds is 6. The number of nitrogens with one attached hydrogen (secondary N) is 1. The summed E-state index contributed by atoms with van der Waals surface area (Å²) in [4.78, 5) is 2.41. The van der Waals surface area contributed by atoms with Crippen molar-refractivity contribution in [2.24, 2.45) is 11.7 Å². The van der Waals surface area contributed by atoms with Crippen LogP contribution in [0.25, 0.3) is 0 Å². The van der Waals surface area contributed by atoms with Gasteiger partial charge < -0.3 is 16.0 Å². The Bertz CT molecular complexity index is 191. The standard InChI is InChI=1S/C13H29N3/c1-5-12(6-2)8-15-13(9-14)7-11(3)16(4)10-13/h11-12,15H,5-10,14H2,1-4H3. The summed E-state index contributed by atoms with van der Waals surface area (Å²) in [6.07, 6.45) is 3.70. The summed E-state index contributed by atoms with van der Waals surface area (Å²) in [6, 6.07) is 0.651. The third-order valence-electron chi connectivity index (χ3n) is 4.30. The first-order chi connectivity index (χ1) is 7.56. The average Bonchev–Trinajstić information content (AvgIpc) is 2.57. The highest BCUT2D eigenvalue weighted by molar-refractivity contribution is 5.00. The highest BCUT2D eigenvalue weighted by Gasteiger charge is 2.39. The molecule has 1 rings (SSSR count). The van der Waals surface area contributed by atoms with Gasteiger partial charge in [-0.25, -0.2) is 0 Å². The molecule has 16 heavy (non-hydrogen) atoms. The van der Waals surface area contributed by atoms with Crippen molar-refractivity contribution in [1.82, 2.24) is 10.2 Å². The lowest BCUT2D eigenvalue weighted by atomic mass is 9.94. The molecule has 1 saturated heterocycles. The molecule has 3 N–H and O–H groups in total. The topological polar surface area (TPSA) is 41.3 Å². The molecule has 0 amide bonds. The van der Waals surface area contributed by atoms with Gasteiger partial charge in [-0.3, -0.25) is 0 Å². The van der Waals surface area contributed by atoms with Crippen molar-refractivity contribution in [1.29, 1.82) is 0 Å². The Kier molecular flexibility index (Phi) is 5.22. The zero-order valence-electron chi connectivity index (χ0n) is 11.4. The lowest BCUT2D eigenvalue weighted by molar-refractivity contribution is 0.285. The maximum atomic E-state index is 5.97. The summed E-state index contributed by atoms with van der Waals surface area (Å²) >= 11 is 0. The fourth-order valence-corrected chi connectivity index (χ4v) is 2.71. The number of nitrogens with two attached hydrogens (primary N) is 1. The van der Waals surface area contributed by atoms with Crippen LogP contribution < -0.4 is 11.1 Å². The fraction of sp³-hybridized carbons (Fsp3) is 1.00. The minimum absolute atomic E-state index is 0.163. The zero-order chi connectivity index (χ0) is 12.2. The van der Waals surface area contributed by atoms with E-state index < -0.39 is 0 Å². The van der Waals surface area contributed by atoms with Crippen LogP contribution in [0.5, 0.6) is 0 Å². The summed E-state index contributed by atoms with van der Waals surface area (Å²) < 4.78 is 0. The molecule has 1 heterocycles. The predicted octanol–water partition coefficient (Wildman–Crippen LogP) is 1.43. The maximum absolute atomic E-state index is 5.97. The molecule has 96 valence electrons. The van der Waals surface area contributed by atoms with E-state index in [4.69, 9.17) is 5.73 Å². The summed E-state index contributed by atoms with van der Waals surface area (Å²) in [7, 11) is 2.20. The van der Waals surface area contributed by atoms with Crippen LogP contribution in [0.4, 0.5) is 0 Å². The minimum atomic E-state index is 0.163. The first-order valence-electron chi connectivity index (χ1n) is 6.72. The normalized spacial score (nSPS) is 31.5. The fourth-order valence-electron chi connectivity index (χ4n) is 2.71. The summed E-state index contributed by atoms with van der Waals surface area (Å²) in [6.45, 7) is 9.79. The van der Waals surface area contributed by atoms with E-state index in [1.165, 1.54) is 19.3 Å². The van der Waals surface area contributed by atoms with Crippen LogP contribution in [-0.4, -0.2) is 43.2 Å².